The molecular weight excluding hydrogens is 248 g/mol. The zero-order chi connectivity index (χ0) is 14.9. The summed E-state index contributed by atoms with van der Waals surface area (Å²) >= 11 is 0. The Morgan fingerprint density at radius 1 is 1.40 bits per heavy atom. The van der Waals surface area contributed by atoms with Crippen LogP contribution < -0.4 is 5.32 Å². The molecule has 1 saturated heterocycles. The standard InChI is InChI=1S/C16H30N4/c1-12(2)20-8-7-14(18-20)10-19-11-15(16(4,5)6)17-9-13(19)3/h7-8,12-13,15,17H,9-11H2,1-6H3. The van der Waals surface area contributed by atoms with Crippen molar-refractivity contribution in [3.8, 4) is 0 Å². The molecule has 1 aliphatic heterocycles. The van der Waals surface area contributed by atoms with Crippen molar-refractivity contribution in [2.24, 2.45) is 5.41 Å². The molecule has 2 heterocycles. The van der Waals surface area contributed by atoms with Crippen molar-refractivity contribution < 1.29 is 0 Å². The first-order valence-corrected chi connectivity index (χ1v) is 7.79. The third-order valence-electron chi connectivity index (χ3n) is 4.30. The van der Waals surface area contributed by atoms with Crippen LogP contribution in [0.5, 0.6) is 0 Å². The number of hydrogen-bond acceptors (Lipinski definition) is 3. The summed E-state index contributed by atoms with van der Waals surface area (Å²) in [6, 6.07) is 3.70. The highest BCUT2D eigenvalue weighted by atomic mass is 15.3. The van der Waals surface area contributed by atoms with Crippen LogP contribution in [0.1, 0.15) is 53.3 Å². The zero-order valence-corrected chi connectivity index (χ0v) is 13.8. The van der Waals surface area contributed by atoms with Crippen molar-refractivity contribution in [2.45, 2.75) is 66.2 Å². The lowest BCUT2D eigenvalue weighted by molar-refractivity contribution is 0.0865. The molecule has 2 unspecified atom stereocenters. The summed E-state index contributed by atoms with van der Waals surface area (Å²) in [5, 5.41) is 8.36. The second kappa shape index (κ2) is 5.86. The van der Waals surface area contributed by atoms with Gasteiger partial charge in [-0.05, 0) is 32.3 Å². The van der Waals surface area contributed by atoms with Crippen LogP contribution in [0.2, 0.25) is 0 Å². The lowest BCUT2D eigenvalue weighted by Gasteiger charge is -2.43. The van der Waals surface area contributed by atoms with Crippen LogP contribution in [0.15, 0.2) is 12.3 Å². The fourth-order valence-electron chi connectivity index (χ4n) is 2.68. The Bertz CT molecular complexity index is 430. The van der Waals surface area contributed by atoms with E-state index in [0.717, 1.165) is 19.6 Å². The number of nitrogens with one attached hydrogen (secondary N) is 1. The third kappa shape index (κ3) is 3.61. The van der Waals surface area contributed by atoms with Gasteiger partial charge in [0.05, 0.1) is 5.69 Å². The number of aromatic nitrogens is 2. The van der Waals surface area contributed by atoms with Gasteiger partial charge in [-0.15, -0.1) is 0 Å². The minimum absolute atomic E-state index is 0.301. The fraction of sp³-hybridized carbons (Fsp3) is 0.812. The third-order valence-corrected chi connectivity index (χ3v) is 4.30. The Morgan fingerprint density at radius 3 is 2.65 bits per heavy atom. The number of nitrogens with zero attached hydrogens (tertiary/aromatic N) is 3. The topological polar surface area (TPSA) is 33.1 Å². The molecule has 2 atom stereocenters. The average Bonchev–Trinajstić information content (AvgIpc) is 2.79. The summed E-state index contributed by atoms with van der Waals surface area (Å²) in [4.78, 5) is 2.55. The van der Waals surface area contributed by atoms with Crippen LogP contribution in [0.3, 0.4) is 0 Å². The molecule has 0 amide bonds. The van der Waals surface area contributed by atoms with Gasteiger partial charge in [-0.2, -0.15) is 5.10 Å². The molecule has 20 heavy (non-hydrogen) atoms. The van der Waals surface area contributed by atoms with E-state index in [2.05, 4.69) is 69.1 Å². The van der Waals surface area contributed by atoms with Crippen LogP contribution >= 0.6 is 0 Å². The molecule has 4 nitrogen and oxygen atoms in total. The lowest BCUT2D eigenvalue weighted by Crippen LogP contribution is -2.59. The molecular formula is C16H30N4. The second-order valence-corrected chi connectivity index (χ2v) is 7.49. The van der Waals surface area contributed by atoms with Gasteiger partial charge in [0, 0.05) is 44.0 Å². The van der Waals surface area contributed by atoms with Crippen LogP contribution in [-0.2, 0) is 6.54 Å². The molecule has 2 rings (SSSR count). The maximum Gasteiger partial charge on any atom is 0.0765 e. The first-order chi connectivity index (χ1) is 9.27. The molecule has 114 valence electrons. The lowest BCUT2D eigenvalue weighted by atomic mass is 9.85. The predicted octanol–water partition coefficient (Wildman–Crippen LogP) is 2.67. The Morgan fingerprint density at radius 2 is 2.10 bits per heavy atom. The molecule has 1 N–H and O–H groups in total. The molecule has 1 aromatic rings. The summed E-state index contributed by atoms with van der Waals surface area (Å²) in [5.74, 6) is 0. The average molecular weight is 278 g/mol. The number of hydrogen-bond donors (Lipinski definition) is 1. The Balaban J connectivity index is 2.02. The van der Waals surface area contributed by atoms with Crippen molar-refractivity contribution in [3.63, 3.8) is 0 Å². The first kappa shape index (κ1) is 15.5. The Kier molecular flexibility index (Phi) is 4.55. The summed E-state index contributed by atoms with van der Waals surface area (Å²) < 4.78 is 2.05. The van der Waals surface area contributed by atoms with Gasteiger partial charge in [0.2, 0.25) is 0 Å². The van der Waals surface area contributed by atoms with Crippen LogP contribution in [0.4, 0.5) is 0 Å². The van der Waals surface area contributed by atoms with Crippen molar-refractivity contribution in [1.82, 2.24) is 20.0 Å². The molecule has 4 heteroatoms. The molecule has 0 radical (unpaired) electrons. The van der Waals surface area contributed by atoms with Crippen molar-refractivity contribution in [1.29, 1.82) is 0 Å². The van der Waals surface area contributed by atoms with E-state index >= 15 is 0 Å². The van der Waals surface area contributed by atoms with Gasteiger partial charge in [0.1, 0.15) is 0 Å². The first-order valence-electron chi connectivity index (χ1n) is 7.79. The van der Waals surface area contributed by atoms with E-state index in [4.69, 9.17) is 0 Å². The minimum atomic E-state index is 0.301. The molecule has 0 saturated carbocycles. The van der Waals surface area contributed by atoms with Crippen molar-refractivity contribution >= 4 is 0 Å². The van der Waals surface area contributed by atoms with E-state index in [0.29, 0.717) is 23.5 Å². The maximum atomic E-state index is 4.68. The predicted molar refractivity (Wildman–Crippen MR) is 83.7 cm³/mol. The van der Waals surface area contributed by atoms with E-state index in [1.54, 1.807) is 0 Å². The SMILES string of the molecule is CC1CNC(C(C)(C)C)CN1Cc1ccn(C(C)C)n1. The normalized spacial score (nSPS) is 25.4. The quantitative estimate of drug-likeness (QED) is 0.923. The fourth-order valence-corrected chi connectivity index (χ4v) is 2.68. The van der Waals surface area contributed by atoms with E-state index in [1.807, 2.05) is 4.68 Å². The van der Waals surface area contributed by atoms with Crippen LogP contribution in [0, 0.1) is 5.41 Å². The van der Waals surface area contributed by atoms with Gasteiger partial charge in [0.15, 0.2) is 0 Å². The number of piperazine rings is 1. The van der Waals surface area contributed by atoms with Gasteiger partial charge >= 0.3 is 0 Å². The van der Waals surface area contributed by atoms with Crippen molar-refractivity contribution in [2.75, 3.05) is 13.1 Å². The molecule has 1 aliphatic rings. The van der Waals surface area contributed by atoms with Gasteiger partial charge in [-0.3, -0.25) is 9.58 Å². The summed E-state index contributed by atoms with van der Waals surface area (Å²) in [6.45, 7) is 16.7. The summed E-state index contributed by atoms with van der Waals surface area (Å²) in [6.07, 6.45) is 2.09. The highest BCUT2D eigenvalue weighted by Gasteiger charge is 2.32. The Labute approximate surface area is 123 Å². The molecule has 1 fully saturated rings. The monoisotopic (exact) mass is 278 g/mol. The van der Waals surface area contributed by atoms with Crippen LogP contribution in [-0.4, -0.2) is 39.9 Å². The van der Waals surface area contributed by atoms with Gasteiger partial charge in [-0.1, -0.05) is 20.8 Å². The Hall–Kier alpha value is -0.870. The van der Waals surface area contributed by atoms with Crippen LogP contribution in [0.25, 0.3) is 0 Å². The number of rotatable bonds is 3. The molecule has 0 spiro atoms. The van der Waals surface area contributed by atoms with Gasteiger partial charge in [0.25, 0.3) is 0 Å². The van der Waals surface area contributed by atoms with Gasteiger partial charge in [-0.25, -0.2) is 0 Å². The maximum absolute atomic E-state index is 4.68. The summed E-state index contributed by atoms with van der Waals surface area (Å²) in [5.41, 5.74) is 1.48. The zero-order valence-electron chi connectivity index (χ0n) is 13.8. The smallest absolute Gasteiger partial charge is 0.0765 e. The molecule has 1 aromatic heterocycles. The van der Waals surface area contributed by atoms with E-state index in [1.165, 1.54) is 5.69 Å². The van der Waals surface area contributed by atoms with E-state index < -0.39 is 0 Å². The minimum Gasteiger partial charge on any atom is -0.311 e. The highest BCUT2D eigenvalue weighted by Crippen LogP contribution is 2.24. The largest absolute Gasteiger partial charge is 0.311 e. The molecule has 0 aromatic carbocycles. The van der Waals surface area contributed by atoms with Crippen molar-refractivity contribution in [3.05, 3.63) is 18.0 Å². The van der Waals surface area contributed by atoms with Gasteiger partial charge < -0.3 is 5.32 Å². The molecule has 0 aliphatic carbocycles. The summed E-state index contributed by atoms with van der Waals surface area (Å²) in [7, 11) is 0. The van der Waals surface area contributed by atoms with E-state index in [9.17, 15) is 0 Å². The molecule has 0 bridgehead atoms. The second-order valence-electron chi connectivity index (χ2n) is 7.49. The highest BCUT2D eigenvalue weighted by molar-refractivity contribution is 5.01. The van der Waals surface area contributed by atoms with E-state index in [-0.39, 0.29) is 0 Å².